The summed E-state index contributed by atoms with van der Waals surface area (Å²) in [6, 6.07) is 25.9. The minimum atomic E-state index is -1.02. The van der Waals surface area contributed by atoms with Crippen LogP contribution >= 0.6 is 0 Å². The van der Waals surface area contributed by atoms with Crippen LogP contribution in [0.25, 0.3) is 10.9 Å². The molecule has 0 saturated heterocycles. The third-order valence-corrected chi connectivity index (χ3v) is 6.33. The molecule has 4 aromatic rings. The van der Waals surface area contributed by atoms with Gasteiger partial charge in [-0.3, -0.25) is 9.78 Å². The van der Waals surface area contributed by atoms with Crippen molar-refractivity contribution in [1.29, 1.82) is 0 Å². The SMILES string of the molecule is CC1CCc2nc3ccccc3c(C(=O)OC(C(=O)c3ccccc3)c3ccccc3)c2C1. The lowest BCUT2D eigenvalue weighted by atomic mass is 9.84. The average molecular weight is 436 g/mol. The minimum Gasteiger partial charge on any atom is -0.445 e. The summed E-state index contributed by atoms with van der Waals surface area (Å²) in [7, 11) is 0. The van der Waals surface area contributed by atoms with Crippen LogP contribution in [0, 0.1) is 5.92 Å². The lowest BCUT2D eigenvalue weighted by Crippen LogP contribution is -2.23. The Bertz CT molecular complexity index is 1320. The number of ether oxygens (including phenoxy) is 1. The van der Waals surface area contributed by atoms with Gasteiger partial charge in [0, 0.05) is 22.2 Å². The first-order chi connectivity index (χ1) is 16.1. The number of rotatable bonds is 5. The quantitative estimate of drug-likeness (QED) is 0.279. The van der Waals surface area contributed by atoms with Gasteiger partial charge in [0.25, 0.3) is 0 Å². The van der Waals surface area contributed by atoms with Gasteiger partial charge >= 0.3 is 5.97 Å². The van der Waals surface area contributed by atoms with Crippen LogP contribution in [0.1, 0.15) is 57.0 Å². The standard InChI is InChI=1S/C29H25NO3/c1-19-16-17-25-23(18-19)26(22-14-8-9-15-24(22)30-25)29(32)33-28(21-12-6-3-7-13-21)27(31)20-10-4-2-5-11-20/h2-15,19,28H,16-18H2,1H3. The van der Waals surface area contributed by atoms with Gasteiger partial charge in [0.05, 0.1) is 11.1 Å². The number of esters is 1. The van der Waals surface area contributed by atoms with E-state index in [-0.39, 0.29) is 5.78 Å². The van der Waals surface area contributed by atoms with E-state index < -0.39 is 12.1 Å². The molecule has 1 aliphatic rings. The number of ketones is 1. The molecule has 4 nitrogen and oxygen atoms in total. The zero-order valence-electron chi connectivity index (χ0n) is 18.5. The monoisotopic (exact) mass is 435 g/mol. The zero-order chi connectivity index (χ0) is 22.8. The van der Waals surface area contributed by atoms with Crippen LogP contribution in [-0.2, 0) is 17.6 Å². The maximum absolute atomic E-state index is 13.8. The number of para-hydroxylation sites is 1. The Balaban J connectivity index is 1.60. The van der Waals surface area contributed by atoms with Crippen LogP contribution in [0.5, 0.6) is 0 Å². The molecule has 0 amide bonds. The van der Waals surface area contributed by atoms with Crippen molar-refractivity contribution in [1.82, 2.24) is 4.98 Å². The molecular weight excluding hydrogens is 410 g/mol. The van der Waals surface area contributed by atoms with E-state index in [0.717, 1.165) is 41.4 Å². The van der Waals surface area contributed by atoms with Crippen LogP contribution < -0.4 is 0 Å². The highest BCUT2D eigenvalue weighted by molar-refractivity contribution is 6.07. The van der Waals surface area contributed by atoms with Crippen molar-refractivity contribution < 1.29 is 14.3 Å². The van der Waals surface area contributed by atoms with Crippen molar-refractivity contribution in [3.8, 4) is 0 Å². The van der Waals surface area contributed by atoms with Crippen LogP contribution in [0.15, 0.2) is 84.9 Å². The molecule has 0 saturated carbocycles. The number of aryl methyl sites for hydroxylation is 1. The number of fused-ring (bicyclic) bond motifs is 2. The van der Waals surface area contributed by atoms with Gasteiger partial charge in [0.2, 0.25) is 5.78 Å². The van der Waals surface area contributed by atoms with Crippen molar-refractivity contribution in [2.75, 3.05) is 0 Å². The molecule has 4 heteroatoms. The lowest BCUT2D eigenvalue weighted by molar-refractivity contribution is 0.0280. The number of carbonyl (C=O) groups is 2. The molecule has 1 aliphatic carbocycles. The number of Topliss-reactive ketones (excluding diaryl/α,β-unsaturated/α-hetero) is 1. The van der Waals surface area contributed by atoms with Crippen molar-refractivity contribution in [2.45, 2.75) is 32.3 Å². The summed E-state index contributed by atoms with van der Waals surface area (Å²) in [5, 5.41) is 0.773. The molecule has 5 rings (SSSR count). The molecule has 0 N–H and O–H groups in total. The Kier molecular flexibility index (Phi) is 5.74. The number of nitrogens with zero attached hydrogens (tertiary/aromatic N) is 1. The van der Waals surface area contributed by atoms with Crippen molar-refractivity contribution in [3.05, 3.63) is 113 Å². The number of aromatic nitrogens is 1. The van der Waals surface area contributed by atoms with Gasteiger partial charge in [0.15, 0.2) is 6.10 Å². The van der Waals surface area contributed by atoms with Crippen LogP contribution in [-0.4, -0.2) is 16.7 Å². The maximum atomic E-state index is 13.8. The minimum absolute atomic E-state index is 0.240. The zero-order valence-corrected chi connectivity index (χ0v) is 18.5. The lowest BCUT2D eigenvalue weighted by Gasteiger charge is -2.25. The highest BCUT2D eigenvalue weighted by Gasteiger charge is 2.31. The summed E-state index contributed by atoms with van der Waals surface area (Å²) in [6.07, 6.45) is 1.64. The second-order valence-electron chi connectivity index (χ2n) is 8.70. The van der Waals surface area contributed by atoms with E-state index in [4.69, 9.17) is 9.72 Å². The molecule has 164 valence electrons. The first kappa shape index (κ1) is 21.1. The fourth-order valence-corrected chi connectivity index (χ4v) is 4.62. The summed E-state index contributed by atoms with van der Waals surface area (Å²) in [5.41, 5.74) is 4.41. The van der Waals surface area contributed by atoms with Gasteiger partial charge < -0.3 is 4.74 Å². The molecule has 0 bridgehead atoms. The van der Waals surface area contributed by atoms with Gasteiger partial charge in [-0.15, -0.1) is 0 Å². The number of hydrogen-bond acceptors (Lipinski definition) is 4. The topological polar surface area (TPSA) is 56.3 Å². The summed E-state index contributed by atoms with van der Waals surface area (Å²) in [5.74, 6) is -0.254. The van der Waals surface area contributed by atoms with Gasteiger partial charge in [-0.2, -0.15) is 0 Å². The number of benzene rings is 3. The smallest absolute Gasteiger partial charge is 0.340 e. The molecular formula is C29H25NO3. The van der Waals surface area contributed by atoms with Crippen LogP contribution in [0.3, 0.4) is 0 Å². The van der Waals surface area contributed by atoms with E-state index in [1.165, 1.54) is 0 Å². The summed E-state index contributed by atoms with van der Waals surface area (Å²) < 4.78 is 6.03. The van der Waals surface area contributed by atoms with Gasteiger partial charge in [-0.25, -0.2) is 4.79 Å². The highest BCUT2D eigenvalue weighted by Crippen LogP contribution is 2.33. The van der Waals surface area contributed by atoms with E-state index in [1.54, 1.807) is 12.1 Å². The van der Waals surface area contributed by atoms with Crippen molar-refractivity contribution >= 4 is 22.7 Å². The molecule has 0 radical (unpaired) electrons. The predicted octanol–water partition coefficient (Wildman–Crippen LogP) is 6.14. The Labute approximate surface area is 193 Å². The predicted molar refractivity (Wildman–Crippen MR) is 128 cm³/mol. The van der Waals surface area contributed by atoms with E-state index in [0.29, 0.717) is 22.6 Å². The van der Waals surface area contributed by atoms with Gasteiger partial charge in [0.1, 0.15) is 0 Å². The van der Waals surface area contributed by atoms with Gasteiger partial charge in [-0.05, 0) is 36.8 Å². The van der Waals surface area contributed by atoms with E-state index >= 15 is 0 Å². The summed E-state index contributed by atoms with van der Waals surface area (Å²) in [4.78, 5) is 32.0. The Hall–Kier alpha value is -3.79. The van der Waals surface area contributed by atoms with Crippen LogP contribution in [0.2, 0.25) is 0 Å². The molecule has 2 atom stereocenters. The van der Waals surface area contributed by atoms with Crippen molar-refractivity contribution in [2.24, 2.45) is 5.92 Å². The second-order valence-corrected chi connectivity index (χ2v) is 8.70. The number of carbonyl (C=O) groups excluding carboxylic acids is 2. The van der Waals surface area contributed by atoms with Crippen molar-refractivity contribution in [3.63, 3.8) is 0 Å². The molecule has 2 unspecified atom stereocenters. The molecule has 1 heterocycles. The normalized spacial score (nSPS) is 16.1. The second kappa shape index (κ2) is 8.99. The summed E-state index contributed by atoms with van der Waals surface area (Å²) >= 11 is 0. The molecule has 33 heavy (non-hydrogen) atoms. The van der Waals surface area contributed by atoms with Gasteiger partial charge in [-0.1, -0.05) is 85.8 Å². The fourth-order valence-electron chi connectivity index (χ4n) is 4.62. The van der Waals surface area contributed by atoms with E-state index in [2.05, 4.69) is 6.92 Å². The maximum Gasteiger partial charge on any atom is 0.340 e. The number of hydrogen-bond donors (Lipinski definition) is 0. The molecule has 0 spiro atoms. The van der Waals surface area contributed by atoms with Crippen LogP contribution in [0.4, 0.5) is 0 Å². The third-order valence-electron chi connectivity index (χ3n) is 6.33. The number of pyridine rings is 1. The molecule has 3 aromatic carbocycles. The highest BCUT2D eigenvalue weighted by atomic mass is 16.5. The Morgan fingerprint density at radius 2 is 1.58 bits per heavy atom. The Morgan fingerprint density at radius 3 is 2.33 bits per heavy atom. The largest absolute Gasteiger partial charge is 0.445 e. The average Bonchev–Trinajstić information content (AvgIpc) is 2.86. The van der Waals surface area contributed by atoms with E-state index in [9.17, 15) is 9.59 Å². The first-order valence-corrected chi connectivity index (χ1v) is 11.4. The summed E-state index contributed by atoms with van der Waals surface area (Å²) in [6.45, 7) is 2.19. The first-order valence-electron chi connectivity index (χ1n) is 11.4. The fraction of sp³-hybridized carbons (Fsp3) is 0.207. The Morgan fingerprint density at radius 1 is 0.909 bits per heavy atom. The molecule has 1 aromatic heterocycles. The molecule has 0 fully saturated rings. The van der Waals surface area contributed by atoms with E-state index in [1.807, 2.05) is 72.8 Å². The molecule has 0 aliphatic heterocycles. The third kappa shape index (κ3) is 4.17.